The molecule has 2 N–H and O–H groups in total. The molecule has 0 bridgehead atoms. The van der Waals surface area contributed by atoms with Gasteiger partial charge in [-0.3, -0.25) is 4.79 Å². The van der Waals surface area contributed by atoms with Crippen LogP contribution in [0.3, 0.4) is 0 Å². The van der Waals surface area contributed by atoms with E-state index in [-0.39, 0.29) is 17.8 Å². The number of anilines is 2. The summed E-state index contributed by atoms with van der Waals surface area (Å²) >= 11 is 0. The van der Waals surface area contributed by atoms with E-state index < -0.39 is 0 Å². The van der Waals surface area contributed by atoms with Crippen LogP contribution in [0.5, 0.6) is 0 Å². The van der Waals surface area contributed by atoms with Crippen molar-refractivity contribution in [2.45, 2.75) is 31.7 Å². The third-order valence-corrected chi connectivity index (χ3v) is 4.90. The fraction of sp³-hybridized carbons (Fsp3) is 0.227. The van der Waals surface area contributed by atoms with Gasteiger partial charge in [0.25, 0.3) is 5.91 Å². The number of nitrogens with zero attached hydrogens (tertiary/aromatic N) is 2. The van der Waals surface area contributed by atoms with Crippen molar-refractivity contribution in [2.24, 2.45) is 0 Å². The summed E-state index contributed by atoms with van der Waals surface area (Å²) in [5.74, 6) is 0.0992. The lowest BCUT2D eigenvalue weighted by Gasteiger charge is -2.12. The van der Waals surface area contributed by atoms with Crippen LogP contribution in [0, 0.1) is 5.82 Å². The molecule has 6 heteroatoms. The van der Waals surface area contributed by atoms with Crippen LogP contribution in [0.25, 0.3) is 11.1 Å². The Morgan fingerprint density at radius 2 is 1.68 bits per heavy atom. The average Bonchev–Trinajstić information content (AvgIpc) is 3.22. The molecule has 5 nitrogen and oxygen atoms in total. The first-order valence-corrected chi connectivity index (χ1v) is 9.43. The molecule has 3 aromatic rings. The van der Waals surface area contributed by atoms with Crippen LogP contribution in [-0.4, -0.2) is 21.9 Å². The highest BCUT2D eigenvalue weighted by Crippen LogP contribution is 2.21. The van der Waals surface area contributed by atoms with Gasteiger partial charge in [0.15, 0.2) is 0 Å². The summed E-state index contributed by atoms with van der Waals surface area (Å²) in [6, 6.07) is 13.8. The number of nitrogens with one attached hydrogen (secondary N) is 2. The van der Waals surface area contributed by atoms with E-state index in [1.807, 2.05) is 12.1 Å². The predicted octanol–water partition coefficient (Wildman–Crippen LogP) is 4.70. The molecule has 0 unspecified atom stereocenters. The fourth-order valence-corrected chi connectivity index (χ4v) is 3.39. The van der Waals surface area contributed by atoms with Gasteiger partial charge < -0.3 is 10.6 Å². The summed E-state index contributed by atoms with van der Waals surface area (Å²) in [6.45, 7) is 0. The number of carbonyl (C=O) groups excluding carboxylic acids is 1. The minimum Gasteiger partial charge on any atom is -0.349 e. The Kier molecular flexibility index (Phi) is 5.28. The summed E-state index contributed by atoms with van der Waals surface area (Å²) in [5.41, 5.74) is 3.00. The Labute approximate surface area is 163 Å². The molecule has 0 spiro atoms. The monoisotopic (exact) mass is 376 g/mol. The molecule has 1 heterocycles. The lowest BCUT2D eigenvalue weighted by Crippen LogP contribution is -2.32. The van der Waals surface area contributed by atoms with E-state index in [0.29, 0.717) is 11.5 Å². The second kappa shape index (κ2) is 8.17. The van der Waals surface area contributed by atoms with Gasteiger partial charge in [0.1, 0.15) is 5.82 Å². The molecule has 1 saturated carbocycles. The molecule has 28 heavy (non-hydrogen) atoms. The average molecular weight is 376 g/mol. The van der Waals surface area contributed by atoms with E-state index in [4.69, 9.17) is 0 Å². The Morgan fingerprint density at radius 3 is 2.39 bits per heavy atom. The fourth-order valence-electron chi connectivity index (χ4n) is 3.39. The number of hydrogen-bond acceptors (Lipinski definition) is 4. The maximum Gasteiger partial charge on any atom is 0.251 e. The highest BCUT2D eigenvalue weighted by atomic mass is 19.1. The molecule has 2 aromatic carbocycles. The zero-order valence-corrected chi connectivity index (χ0v) is 15.4. The number of benzene rings is 2. The maximum absolute atomic E-state index is 13.0. The highest BCUT2D eigenvalue weighted by molar-refractivity contribution is 5.95. The van der Waals surface area contributed by atoms with Gasteiger partial charge in [-0.05, 0) is 48.7 Å². The molecule has 0 aliphatic heterocycles. The lowest BCUT2D eigenvalue weighted by molar-refractivity contribution is 0.0938. The Hall–Kier alpha value is -3.28. The van der Waals surface area contributed by atoms with E-state index in [1.165, 1.54) is 25.0 Å². The number of halogens is 1. The topological polar surface area (TPSA) is 66.9 Å². The summed E-state index contributed by atoms with van der Waals surface area (Å²) in [4.78, 5) is 21.1. The number of carbonyl (C=O) groups is 1. The minimum atomic E-state index is -0.278. The van der Waals surface area contributed by atoms with Crippen molar-refractivity contribution in [1.82, 2.24) is 15.3 Å². The van der Waals surface area contributed by atoms with Gasteiger partial charge in [0.2, 0.25) is 5.95 Å². The third-order valence-electron chi connectivity index (χ3n) is 4.90. The van der Waals surface area contributed by atoms with Crippen LogP contribution >= 0.6 is 0 Å². The summed E-state index contributed by atoms with van der Waals surface area (Å²) in [5, 5.41) is 6.21. The van der Waals surface area contributed by atoms with Crippen LogP contribution in [0.1, 0.15) is 36.0 Å². The number of hydrogen-bond donors (Lipinski definition) is 2. The number of aromatic nitrogens is 2. The molecule has 1 fully saturated rings. The number of amides is 1. The van der Waals surface area contributed by atoms with Crippen molar-refractivity contribution < 1.29 is 9.18 Å². The Bertz CT molecular complexity index is 951. The Balaban J connectivity index is 1.43. The third kappa shape index (κ3) is 4.34. The molecular weight excluding hydrogens is 355 g/mol. The zero-order valence-electron chi connectivity index (χ0n) is 15.4. The lowest BCUT2D eigenvalue weighted by atomic mass is 10.1. The van der Waals surface area contributed by atoms with E-state index in [0.717, 1.165) is 29.7 Å². The molecule has 1 aliphatic rings. The van der Waals surface area contributed by atoms with Crippen LogP contribution in [-0.2, 0) is 0 Å². The maximum atomic E-state index is 13.0. The molecule has 4 rings (SSSR count). The standard InChI is InChI=1S/C22H21FN4O/c23-18-10-8-15(9-11-18)17-13-24-22(25-14-17)27-20-7-3-4-16(12-20)21(28)26-19-5-1-2-6-19/h3-4,7-14,19H,1-2,5-6H2,(H,26,28)(H,24,25,27). The van der Waals surface area contributed by atoms with Crippen molar-refractivity contribution in [3.63, 3.8) is 0 Å². The second-order valence-electron chi connectivity index (χ2n) is 6.96. The smallest absolute Gasteiger partial charge is 0.251 e. The number of rotatable bonds is 5. The first-order chi connectivity index (χ1) is 13.7. The van der Waals surface area contributed by atoms with Gasteiger partial charge in [-0.1, -0.05) is 31.0 Å². The van der Waals surface area contributed by atoms with Gasteiger partial charge in [-0.15, -0.1) is 0 Å². The summed E-state index contributed by atoms with van der Waals surface area (Å²) < 4.78 is 13.0. The van der Waals surface area contributed by atoms with Crippen molar-refractivity contribution >= 4 is 17.5 Å². The molecular formula is C22H21FN4O. The van der Waals surface area contributed by atoms with E-state index in [2.05, 4.69) is 20.6 Å². The highest BCUT2D eigenvalue weighted by Gasteiger charge is 2.18. The van der Waals surface area contributed by atoms with Crippen LogP contribution in [0.2, 0.25) is 0 Å². The van der Waals surface area contributed by atoms with Crippen molar-refractivity contribution in [3.8, 4) is 11.1 Å². The first kappa shape index (κ1) is 18.1. The summed E-state index contributed by atoms with van der Waals surface area (Å²) in [6.07, 6.45) is 7.82. The molecule has 0 atom stereocenters. The molecule has 1 amide bonds. The van der Waals surface area contributed by atoms with Gasteiger partial charge in [0.05, 0.1) is 0 Å². The first-order valence-electron chi connectivity index (χ1n) is 9.43. The van der Waals surface area contributed by atoms with Crippen LogP contribution in [0.15, 0.2) is 60.9 Å². The Morgan fingerprint density at radius 1 is 0.964 bits per heavy atom. The van der Waals surface area contributed by atoms with E-state index in [1.54, 1.807) is 36.7 Å². The van der Waals surface area contributed by atoms with Gasteiger partial charge >= 0.3 is 0 Å². The van der Waals surface area contributed by atoms with E-state index >= 15 is 0 Å². The largest absolute Gasteiger partial charge is 0.349 e. The van der Waals surface area contributed by atoms with Gasteiger partial charge in [-0.25, -0.2) is 14.4 Å². The quantitative estimate of drug-likeness (QED) is 0.677. The molecule has 0 radical (unpaired) electrons. The normalized spacial score (nSPS) is 14.0. The SMILES string of the molecule is O=C(NC1CCCC1)c1cccc(Nc2ncc(-c3ccc(F)cc3)cn2)c1. The predicted molar refractivity (Wildman–Crippen MR) is 107 cm³/mol. The van der Waals surface area contributed by atoms with Crippen molar-refractivity contribution in [3.05, 3.63) is 72.3 Å². The minimum absolute atomic E-state index is 0.0527. The molecule has 1 aromatic heterocycles. The molecule has 0 saturated heterocycles. The van der Waals surface area contributed by atoms with Crippen LogP contribution < -0.4 is 10.6 Å². The van der Waals surface area contributed by atoms with Gasteiger partial charge in [0, 0.05) is 35.2 Å². The van der Waals surface area contributed by atoms with Gasteiger partial charge in [-0.2, -0.15) is 0 Å². The molecule has 1 aliphatic carbocycles. The second-order valence-corrected chi connectivity index (χ2v) is 6.96. The van der Waals surface area contributed by atoms with Crippen LogP contribution in [0.4, 0.5) is 16.0 Å². The van der Waals surface area contributed by atoms with Crippen molar-refractivity contribution in [1.29, 1.82) is 0 Å². The van der Waals surface area contributed by atoms with Crippen molar-refractivity contribution in [2.75, 3.05) is 5.32 Å². The molecule has 142 valence electrons. The zero-order chi connectivity index (χ0) is 19.3. The summed E-state index contributed by atoms with van der Waals surface area (Å²) in [7, 11) is 0. The van der Waals surface area contributed by atoms with E-state index in [9.17, 15) is 9.18 Å².